The van der Waals surface area contributed by atoms with Crippen LogP contribution in [-0.4, -0.2) is 38.7 Å². The highest BCUT2D eigenvalue weighted by Crippen LogP contribution is 2.60. The van der Waals surface area contributed by atoms with Crippen molar-refractivity contribution >= 4 is 0 Å². The summed E-state index contributed by atoms with van der Waals surface area (Å²) in [7, 11) is 0. The molecule has 3 aliphatic rings. The first kappa shape index (κ1) is 26.6. The van der Waals surface area contributed by atoms with E-state index in [0.29, 0.717) is 36.0 Å². The summed E-state index contributed by atoms with van der Waals surface area (Å²) < 4.78 is 0. The molecular weight excluding hydrogens is 436 g/mol. The van der Waals surface area contributed by atoms with E-state index in [1.807, 2.05) is 12.1 Å². The number of rotatable bonds is 7. The van der Waals surface area contributed by atoms with Crippen molar-refractivity contribution in [1.82, 2.24) is 0 Å². The molecule has 3 aliphatic carbocycles. The molecule has 0 spiro atoms. The molecule has 0 saturated heterocycles. The molecule has 0 bridgehead atoms. The van der Waals surface area contributed by atoms with Crippen LogP contribution in [0.1, 0.15) is 95.3 Å². The van der Waals surface area contributed by atoms with Gasteiger partial charge in [-0.25, -0.2) is 0 Å². The lowest BCUT2D eigenvalue weighted by Crippen LogP contribution is -2.41. The molecule has 0 radical (unpaired) electrons. The highest BCUT2D eigenvalue weighted by atomic mass is 16.4. The van der Waals surface area contributed by atoms with Gasteiger partial charge in [0.05, 0.1) is 18.3 Å². The quantitative estimate of drug-likeness (QED) is 0.397. The molecule has 1 aromatic rings. The summed E-state index contributed by atoms with van der Waals surface area (Å²) in [5, 5.41) is 40.5. The summed E-state index contributed by atoms with van der Waals surface area (Å²) in [5.41, 5.74) is 5.15. The Labute approximate surface area is 211 Å². The lowest BCUT2D eigenvalue weighted by atomic mass is 9.60. The van der Waals surface area contributed by atoms with Gasteiger partial charge in [-0.1, -0.05) is 79.8 Å². The first-order valence-electron chi connectivity index (χ1n) is 13.9. The van der Waals surface area contributed by atoms with E-state index in [-0.39, 0.29) is 6.10 Å². The number of aryl methyl sites for hydroxylation is 1. The van der Waals surface area contributed by atoms with E-state index < -0.39 is 18.3 Å². The molecule has 4 N–H and O–H groups in total. The summed E-state index contributed by atoms with van der Waals surface area (Å²) in [6, 6.07) is 8.25. The van der Waals surface area contributed by atoms with Crippen molar-refractivity contribution in [2.75, 3.05) is 0 Å². The Bertz CT molecular complexity index is 889. The molecule has 194 valence electrons. The van der Waals surface area contributed by atoms with Crippen molar-refractivity contribution in [3.05, 3.63) is 58.7 Å². The number of aliphatic hydroxyl groups is 4. The van der Waals surface area contributed by atoms with E-state index in [9.17, 15) is 20.4 Å². The van der Waals surface area contributed by atoms with Gasteiger partial charge in [0, 0.05) is 0 Å². The first-order chi connectivity index (χ1) is 16.7. The number of benzene rings is 1. The van der Waals surface area contributed by atoms with Crippen LogP contribution in [0.25, 0.3) is 0 Å². The van der Waals surface area contributed by atoms with Crippen LogP contribution in [-0.2, 0) is 0 Å². The molecule has 3 fully saturated rings. The standard InChI is InChI=1S/C31H46O4/c1-20-9-12-24(13-10-20)27(32)8-4-6-21(2)25-15-16-26-23(7-5-17-31(25,26)3)14-11-22-18-28(33)30(35)29(34)19-22/h9-14,21,25-30,32-35H,4-8,15-19H2,1-3H3/b22-11?,23-14+/t21-,25-,26+,27-,28-,29-,30?,31-/m1/s1. The van der Waals surface area contributed by atoms with Crippen LogP contribution in [0.3, 0.4) is 0 Å². The normalized spacial score (nSPS) is 36.1. The molecule has 0 aliphatic heterocycles. The fraction of sp³-hybridized carbons (Fsp3) is 0.677. The Kier molecular flexibility index (Phi) is 8.58. The summed E-state index contributed by atoms with van der Waals surface area (Å²) in [4.78, 5) is 0. The van der Waals surface area contributed by atoms with Gasteiger partial charge < -0.3 is 20.4 Å². The number of hydrogen-bond donors (Lipinski definition) is 4. The van der Waals surface area contributed by atoms with E-state index in [0.717, 1.165) is 36.8 Å². The Morgan fingerprint density at radius 2 is 1.69 bits per heavy atom. The van der Waals surface area contributed by atoms with E-state index in [4.69, 9.17) is 0 Å². The zero-order chi connectivity index (χ0) is 25.2. The van der Waals surface area contributed by atoms with Gasteiger partial charge in [-0.05, 0) is 87.0 Å². The summed E-state index contributed by atoms with van der Waals surface area (Å²) in [6.45, 7) is 7.01. The zero-order valence-corrected chi connectivity index (χ0v) is 21.9. The van der Waals surface area contributed by atoms with Crippen LogP contribution in [0.2, 0.25) is 0 Å². The van der Waals surface area contributed by atoms with Crippen LogP contribution >= 0.6 is 0 Å². The van der Waals surface area contributed by atoms with Gasteiger partial charge in [0.2, 0.25) is 0 Å². The fourth-order valence-corrected chi connectivity index (χ4v) is 7.48. The van der Waals surface area contributed by atoms with Gasteiger partial charge in [0.15, 0.2) is 0 Å². The third-order valence-electron chi connectivity index (χ3n) is 9.59. The predicted molar refractivity (Wildman–Crippen MR) is 141 cm³/mol. The third-order valence-corrected chi connectivity index (χ3v) is 9.59. The van der Waals surface area contributed by atoms with Gasteiger partial charge in [-0.15, -0.1) is 0 Å². The Morgan fingerprint density at radius 1 is 1.00 bits per heavy atom. The molecule has 4 rings (SSSR count). The summed E-state index contributed by atoms with van der Waals surface area (Å²) >= 11 is 0. The molecule has 4 heteroatoms. The maximum atomic E-state index is 10.6. The highest BCUT2D eigenvalue weighted by Gasteiger charge is 2.50. The van der Waals surface area contributed by atoms with Gasteiger partial charge in [-0.3, -0.25) is 0 Å². The number of aliphatic hydroxyl groups excluding tert-OH is 4. The van der Waals surface area contributed by atoms with Gasteiger partial charge in [0.25, 0.3) is 0 Å². The van der Waals surface area contributed by atoms with Gasteiger partial charge >= 0.3 is 0 Å². The van der Waals surface area contributed by atoms with Crippen LogP contribution in [0, 0.1) is 30.1 Å². The van der Waals surface area contributed by atoms with Crippen LogP contribution in [0.4, 0.5) is 0 Å². The van der Waals surface area contributed by atoms with Crippen LogP contribution in [0.15, 0.2) is 47.6 Å². The van der Waals surface area contributed by atoms with E-state index in [2.05, 4.69) is 45.1 Å². The minimum absolute atomic E-state index is 0.333. The Hall–Kier alpha value is -1.46. The minimum Gasteiger partial charge on any atom is -0.390 e. The molecule has 0 heterocycles. The summed E-state index contributed by atoms with van der Waals surface area (Å²) in [6.07, 6.45) is 11.3. The molecule has 0 amide bonds. The molecule has 3 saturated carbocycles. The predicted octanol–water partition coefficient (Wildman–Crippen LogP) is 5.78. The molecule has 0 aromatic heterocycles. The maximum absolute atomic E-state index is 10.6. The average Bonchev–Trinajstić information content (AvgIpc) is 3.19. The average molecular weight is 483 g/mol. The van der Waals surface area contributed by atoms with E-state index in [1.54, 1.807) is 0 Å². The second kappa shape index (κ2) is 11.3. The topological polar surface area (TPSA) is 80.9 Å². The molecule has 0 unspecified atom stereocenters. The van der Waals surface area contributed by atoms with Crippen molar-refractivity contribution < 1.29 is 20.4 Å². The minimum atomic E-state index is -1.03. The van der Waals surface area contributed by atoms with Gasteiger partial charge in [-0.2, -0.15) is 0 Å². The molecule has 7 atom stereocenters. The smallest absolute Gasteiger partial charge is 0.106 e. The molecule has 35 heavy (non-hydrogen) atoms. The van der Waals surface area contributed by atoms with E-state index >= 15 is 0 Å². The van der Waals surface area contributed by atoms with Crippen molar-refractivity contribution in [2.45, 2.75) is 109 Å². The zero-order valence-electron chi connectivity index (χ0n) is 21.9. The van der Waals surface area contributed by atoms with Gasteiger partial charge in [0.1, 0.15) is 6.10 Å². The lowest BCUT2D eigenvalue weighted by Gasteiger charge is -2.44. The van der Waals surface area contributed by atoms with Crippen molar-refractivity contribution in [1.29, 1.82) is 0 Å². The monoisotopic (exact) mass is 482 g/mol. The second-order valence-corrected chi connectivity index (χ2v) is 12.0. The van der Waals surface area contributed by atoms with Crippen LogP contribution < -0.4 is 0 Å². The Morgan fingerprint density at radius 3 is 2.37 bits per heavy atom. The molecule has 4 nitrogen and oxygen atoms in total. The van der Waals surface area contributed by atoms with Crippen molar-refractivity contribution in [3.63, 3.8) is 0 Å². The fourth-order valence-electron chi connectivity index (χ4n) is 7.48. The summed E-state index contributed by atoms with van der Waals surface area (Å²) in [5.74, 6) is 1.98. The third kappa shape index (κ3) is 5.93. The molecular formula is C31H46O4. The van der Waals surface area contributed by atoms with Crippen molar-refractivity contribution in [2.24, 2.45) is 23.2 Å². The van der Waals surface area contributed by atoms with Crippen molar-refractivity contribution in [3.8, 4) is 0 Å². The van der Waals surface area contributed by atoms with Crippen LogP contribution in [0.5, 0.6) is 0 Å². The highest BCUT2D eigenvalue weighted by molar-refractivity contribution is 5.27. The maximum Gasteiger partial charge on any atom is 0.106 e. The first-order valence-corrected chi connectivity index (χ1v) is 13.9. The lowest BCUT2D eigenvalue weighted by molar-refractivity contribution is -0.0713. The Balaban J connectivity index is 1.35. The number of fused-ring (bicyclic) bond motifs is 1. The molecule has 1 aromatic carbocycles. The number of allylic oxidation sites excluding steroid dienone is 3. The SMILES string of the molecule is Cc1ccc([C@H](O)CCC[C@@H](C)[C@H]2CC[C@H]3/C(=C/C=C4C[C@@H](O)C(O)[C@H](O)C4)CCC[C@]23C)cc1. The second-order valence-electron chi connectivity index (χ2n) is 12.0. The van der Waals surface area contributed by atoms with E-state index in [1.165, 1.54) is 36.8 Å². The largest absolute Gasteiger partial charge is 0.390 e. The number of hydrogen-bond acceptors (Lipinski definition) is 4.